The smallest absolute Gasteiger partial charge is 0.322 e. The van der Waals surface area contributed by atoms with Gasteiger partial charge < -0.3 is 5.73 Å². The van der Waals surface area contributed by atoms with Crippen LogP contribution in [-0.2, 0) is 0 Å². The van der Waals surface area contributed by atoms with Crippen LogP contribution in [0.15, 0.2) is 24.3 Å². The number of thiazole rings is 1. The molecule has 2 aromatic rings. The summed E-state index contributed by atoms with van der Waals surface area (Å²) < 4.78 is 37.3. The van der Waals surface area contributed by atoms with E-state index >= 15 is 0 Å². The third-order valence-electron chi connectivity index (χ3n) is 2.08. The second-order valence-corrected chi connectivity index (χ2v) is 4.51. The lowest BCUT2D eigenvalue weighted by Crippen LogP contribution is -2.19. The minimum Gasteiger partial charge on any atom is -0.322 e. The molecule has 1 aromatic carbocycles. The maximum atomic E-state index is 12.1. The van der Waals surface area contributed by atoms with Crippen LogP contribution in [0.3, 0.4) is 0 Å². The van der Waals surface area contributed by atoms with Crippen LogP contribution >= 0.6 is 11.3 Å². The van der Waals surface area contributed by atoms with Crippen molar-refractivity contribution in [2.75, 3.05) is 0 Å². The van der Waals surface area contributed by atoms with Crippen molar-refractivity contribution in [3.05, 3.63) is 29.3 Å². The maximum Gasteiger partial charge on any atom is 0.391 e. The highest BCUT2D eigenvalue weighted by Gasteiger charge is 2.32. The predicted octanol–water partition coefficient (Wildman–Crippen LogP) is 3.25. The molecule has 6 heteroatoms. The lowest BCUT2D eigenvalue weighted by atomic mass is 10.2. The third kappa shape index (κ3) is 2.51. The fourth-order valence-electron chi connectivity index (χ4n) is 1.39. The number of nitrogens with two attached hydrogens (primary N) is 1. The molecular weight excluding hydrogens is 237 g/mol. The molecule has 0 radical (unpaired) electrons. The predicted molar refractivity (Wildman–Crippen MR) is 57.2 cm³/mol. The molecule has 0 saturated heterocycles. The Kier molecular flexibility index (Phi) is 2.86. The first-order valence-corrected chi connectivity index (χ1v) is 5.45. The summed E-state index contributed by atoms with van der Waals surface area (Å²) >= 11 is 1.21. The Morgan fingerprint density at radius 2 is 2.00 bits per heavy atom. The van der Waals surface area contributed by atoms with Crippen LogP contribution < -0.4 is 5.73 Å². The number of para-hydroxylation sites is 1. The molecule has 1 heterocycles. The van der Waals surface area contributed by atoms with E-state index in [0.717, 1.165) is 4.70 Å². The van der Waals surface area contributed by atoms with Gasteiger partial charge in [0.15, 0.2) is 0 Å². The van der Waals surface area contributed by atoms with E-state index in [-0.39, 0.29) is 0 Å². The molecule has 1 atom stereocenters. The van der Waals surface area contributed by atoms with Gasteiger partial charge in [-0.1, -0.05) is 12.1 Å². The zero-order valence-corrected chi connectivity index (χ0v) is 8.98. The molecule has 0 aliphatic heterocycles. The molecule has 0 saturated carbocycles. The van der Waals surface area contributed by atoms with Crippen LogP contribution in [0, 0.1) is 0 Å². The number of fused-ring (bicyclic) bond motifs is 1. The van der Waals surface area contributed by atoms with Gasteiger partial charge in [-0.25, -0.2) is 4.98 Å². The van der Waals surface area contributed by atoms with E-state index in [2.05, 4.69) is 4.98 Å². The Bertz CT molecular complexity index is 459. The second kappa shape index (κ2) is 4.03. The van der Waals surface area contributed by atoms with Gasteiger partial charge in [-0.3, -0.25) is 0 Å². The van der Waals surface area contributed by atoms with E-state index in [0.29, 0.717) is 10.5 Å². The van der Waals surface area contributed by atoms with Crippen LogP contribution in [0.2, 0.25) is 0 Å². The Morgan fingerprint density at radius 1 is 1.31 bits per heavy atom. The van der Waals surface area contributed by atoms with E-state index in [1.165, 1.54) is 11.3 Å². The average molecular weight is 246 g/mol. The second-order valence-electron chi connectivity index (χ2n) is 3.45. The van der Waals surface area contributed by atoms with Gasteiger partial charge in [-0.2, -0.15) is 13.2 Å². The Hall–Kier alpha value is -1.14. The summed E-state index contributed by atoms with van der Waals surface area (Å²) in [6, 6.07) is 6.12. The lowest BCUT2D eigenvalue weighted by Gasteiger charge is -2.10. The SMILES string of the molecule is NC(CC(F)(F)F)c1nc2ccccc2s1. The molecule has 1 unspecified atom stereocenters. The molecule has 0 amide bonds. The first-order chi connectivity index (χ1) is 7.46. The van der Waals surface area contributed by atoms with Crippen molar-refractivity contribution in [3.8, 4) is 0 Å². The summed E-state index contributed by atoms with van der Waals surface area (Å²) in [6.45, 7) is 0. The van der Waals surface area contributed by atoms with Crippen LogP contribution in [0.5, 0.6) is 0 Å². The average Bonchev–Trinajstić information content (AvgIpc) is 2.58. The van der Waals surface area contributed by atoms with Gasteiger partial charge in [-0.15, -0.1) is 11.3 Å². The number of halogens is 3. The number of hydrogen-bond donors (Lipinski definition) is 1. The molecule has 2 N–H and O–H groups in total. The first kappa shape index (κ1) is 11.3. The summed E-state index contributed by atoms with van der Waals surface area (Å²) in [5.41, 5.74) is 6.17. The summed E-state index contributed by atoms with van der Waals surface area (Å²) in [5.74, 6) is 0. The number of rotatable bonds is 2. The highest BCUT2D eigenvalue weighted by Crippen LogP contribution is 2.32. The highest BCUT2D eigenvalue weighted by molar-refractivity contribution is 7.18. The van der Waals surface area contributed by atoms with E-state index in [9.17, 15) is 13.2 Å². The summed E-state index contributed by atoms with van der Waals surface area (Å²) in [4.78, 5) is 4.09. The molecule has 86 valence electrons. The molecular formula is C10H9F3N2S. The Morgan fingerprint density at radius 3 is 2.62 bits per heavy atom. The van der Waals surface area contributed by atoms with Gasteiger partial charge >= 0.3 is 6.18 Å². The minimum absolute atomic E-state index is 0.332. The van der Waals surface area contributed by atoms with Crippen molar-refractivity contribution in [2.24, 2.45) is 5.73 Å². The third-order valence-corrected chi connectivity index (χ3v) is 3.25. The van der Waals surface area contributed by atoms with Crippen LogP contribution in [0.25, 0.3) is 10.2 Å². The molecule has 0 bridgehead atoms. The summed E-state index contributed by atoms with van der Waals surface area (Å²) in [5, 5.41) is 0.332. The fourth-order valence-corrected chi connectivity index (χ4v) is 2.35. The molecule has 0 aliphatic rings. The van der Waals surface area contributed by atoms with E-state index in [1.54, 1.807) is 12.1 Å². The molecule has 2 nitrogen and oxygen atoms in total. The van der Waals surface area contributed by atoms with Crippen LogP contribution in [0.4, 0.5) is 13.2 Å². The minimum atomic E-state index is -4.25. The zero-order chi connectivity index (χ0) is 11.8. The summed E-state index contributed by atoms with van der Waals surface area (Å²) in [6.07, 6.45) is -5.29. The van der Waals surface area contributed by atoms with Gasteiger partial charge in [0.25, 0.3) is 0 Å². The van der Waals surface area contributed by atoms with E-state index < -0.39 is 18.6 Å². The van der Waals surface area contributed by atoms with Crippen LogP contribution in [0.1, 0.15) is 17.5 Å². The van der Waals surface area contributed by atoms with E-state index in [4.69, 9.17) is 5.73 Å². The molecule has 1 aromatic heterocycles. The van der Waals surface area contributed by atoms with Crippen molar-refractivity contribution in [3.63, 3.8) is 0 Å². The number of aromatic nitrogens is 1. The Balaban J connectivity index is 2.26. The normalized spacial score (nSPS) is 14.2. The number of alkyl halides is 3. The Labute approximate surface area is 93.9 Å². The lowest BCUT2D eigenvalue weighted by molar-refractivity contribution is -0.138. The van der Waals surface area contributed by atoms with Crippen molar-refractivity contribution in [1.82, 2.24) is 4.98 Å². The number of benzene rings is 1. The van der Waals surface area contributed by atoms with Crippen molar-refractivity contribution >= 4 is 21.6 Å². The fraction of sp³-hybridized carbons (Fsp3) is 0.300. The van der Waals surface area contributed by atoms with Gasteiger partial charge in [-0.05, 0) is 12.1 Å². The number of nitrogens with zero attached hydrogens (tertiary/aromatic N) is 1. The molecule has 0 aliphatic carbocycles. The largest absolute Gasteiger partial charge is 0.391 e. The van der Waals surface area contributed by atoms with Gasteiger partial charge in [0, 0.05) is 0 Å². The monoisotopic (exact) mass is 246 g/mol. The summed E-state index contributed by atoms with van der Waals surface area (Å²) in [7, 11) is 0. The molecule has 16 heavy (non-hydrogen) atoms. The van der Waals surface area contributed by atoms with Gasteiger partial charge in [0.1, 0.15) is 5.01 Å². The van der Waals surface area contributed by atoms with Crippen molar-refractivity contribution in [2.45, 2.75) is 18.6 Å². The standard InChI is InChI=1S/C10H9F3N2S/c11-10(12,13)5-6(14)9-15-7-3-1-2-4-8(7)16-9/h1-4,6H,5,14H2. The van der Waals surface area contributed by atoms with Gasteiger partial charge in [0.05, 0.1) is 22.7 Å². The zero-order valence-electron chi connectivity index (χ0n) is 8.16. The van der Waals surface area contributed by atoms with E-state index in [1.807, 2.05) is 12.1 Å². The van der Waals surface area contributed by atoms with Crippen LogP contribution in [-0.4, -0.2) is 11.2 Å². The van der Waals surface area contributed by atoms with Gasteiger partial charge in [0.2, 0.25) is 0 Å². The highest BCUT2D eigenvalue weighted by atomic mass is 32.1. The first-order valence-electron chi connectivity index (χ1n) is 4.63. The quantitative estimate of drug-likeness (QED) is 0.883. The number of hydrogen-bond acceptors (Lipinski definition) is 3. The maximum absolute atomic E-state index is 12.1. The molecule has 2 rings (SSSR count). The van der Waals surface area contributed by atoms with Crippen molar-refractivity contribution in [1.29, 1.82) is 0 Å². The molecule has 0 spiro atoms. The molecule has 0 fully saturated rings. The topological polar surface area (TPSA) is 38.9 Å². The van der Waals surface area contributed by atoms with Crippen molar-refractivity contribution < 1.29 is 13.2 Å².